The lowest BCUT2D eigenvalue weighted by Crippen LogP contribution is -2.87. The normalized spacial score (nSPS) is 12.1. The van der Waals surface area contributed by atoms with Crippen LogP contribution in [0.5, 0.6) is 0 Å². The van der Waals surface area contributed by atoms with Gasteiger partial charge in [-0.2, -0.15) is 0 Å². The number of amides is 3. The SMILES string of the molecule is CC(C)CCNC(=O)NC(=O)C[NH2+][C@@H](C)c1ccc(F)cc1F. The molecule has 0 bridgehead atoms. The molecule has 0 radical (unpaired) electrons. The van der Waals surface area contributed by atoms with Crippen molar-refractivity contribution in [1.82, 2.24) is 10.6 Å². The molecule has 1 aromatic carbocycles. The van der Waals surface area contributed by atoms with Crippen molar-refractivity contribution in [3.8, 4) is 0 Å². The number of quaternary nitrogens is 1. The van der Waals surface area contributed by atoms with Crippen LogP contribution in [0, 0.1) is 17.6 Å². The predicted octanol–water partition coefficient (Wildman–Crippen LogP) is 1.46. The molecule has 0 aliphatic rings. The monoisotopic (exact) mass is 328 g/mol. The second-order valence-electron chi connectivity index (χ2n) is 5.88. The molecule has 0 saturated carbocycles. The predicted molar refractivity (Wildman–Crippen MR) is 82.6 cm³/mol. The molecule has 7 heteroatoms. The molecule has 0 saturated heterocycles. The fourth-order valence-electron chi connectivity index (χ4n) is 1.98. The summed E-state index contributed by atoms with van der Waals surface area (Å²) in [4.78, 5) is 23.2. The van der Waals surface area contributed by atoms with E-state index in [0.717, 1.165) is 12.5 Å². The van der Waals surface area contributed by atoms with Crippen LogP contribution in [0.15, 0.2) is 18.2 Å². The van der Waals surface area contributed by atoms with Crippen molar-refractivity contribution in [3.05, 3.63) is 35.4 Å². The number of carbonyl (C=O) groups is 2. The third-order valence-electron chi connectivity index (χ3n) is 3.37. The zero-order chi connectivity index (χ0) is 17.4. The van der Waals surface area contributed by atoms with E-state index < -0.39 is 23.6 Å². The second kappa shape index (κ2) is 9.19. The van der Waals surface area contributed by atoms with Gasteiger partial charge in [0.05, 0.1) is 0 Å². The Morgan fingerprint density at radius 1 is 1.22 bits per heavy atom. The first-order valence-electron chi connectivity index (χ1n) is 7.65. The van der Waals surface area contributed by atoms with Crippen LogP contribution in [0.1, 0.15) is 38.8 Å². The first-order chi connectivity index (χ1) is 10.8. The molecule has 0 unspecified atom stereocenters. The van der Waals surface area contributed by atoms with E-state index in [0.29, 0.717) is 18.0 Å². The molecule has 0 spiro atoms. The standard InChI is InChI=1S/C16H23F2N3O2/c1-10(2)6-7-19-16(23)21-15(22)9-20-11(3)13-5-4-12(17)8-14(13)18/h4-5,8,10-11,20H,6-7,9H2,1-3H3,(H2,19,21,22,23)/p+1/t11-/m0/s1. The minimum absolute atomic E-state index is 0.0322. The van der Waals surface area contributed by atoms with Gasteiger partial charge in [-0.1, -0.05) is 13.8 Å². The maximum absolute atomic E-state index is 13.6. The maximum Gasteiger partial charge on any atom is 0.321 e. The van der Waals surface area contributed by atoms with Crippen LogP contribution in [0.2, 0.25) is 0 Å². The highest BCUT2D eigenvalue weighted by Gasteiger charge is 2.17. The van der Waals surface area contributed by atoms with Gasteiger partial charge in [-0.25, -0.2) is 13.6 Å². The molecule has 128 valence electrons. The van der Waals surface area contributed by atoms with Crippen LogP contribution in [-0.4, -0.2) is 25.0 Å². The van der Waals surface area contributed by atoms with E-state index in [-0.39, 0.29) is 12.6 Å². The summed E-state index contributed by atoms with van der Waals surface area (Å²) in [6, 6.07) is 2.42. The van der Waals surface area contributed by atoms with Crippen LogP contribution >= 0.6 is 0 Å². The molecule has 0 heterocycles. The summed E-state index contributed by atoms with van der Waals surface area (Å²) < 4.78 is 26.5. The fraction of sp³-hybridized carbons (Fsp3) is 0.500. The van der Waals surface area contributed by atoms with E-state index in [1.807, 2.05) is 13.8 Å². The van der Waals surface area contributed by atoms with Crippen LogP contribution in [0.4, 0.5) is 13.6 Å². The molecular weight excluding hydrogens is 304 g/mol. The molecule has 0 aliphatic heterocycles. The lowest BCUT2D eigenvalue weighted by atomic mass is 10.1. The molecule has 4 N–H and O–H groups in total. The average Bonchev–Trinajstić information content (AvgIpc) is 2.44. The van der Waals surface area contributed by atoms with E-state index >= 15 is 0 Å². The highest BCUT2D eigenvalue weighted by atomic mass is 19.1. The second-order valence-corrected chi connectivity index (χ2v) is 5.88. The topological polar surface area (TPSA) is 74.8 Å². The Hall–Kier alpha value is -2.02. The molecular formula is C16H24F2N3O2+. The van der Waals surface area contributed by atoms with Crippen molar-refractivity contribution in [2.24, 2.45) is 5.92 Å². The number of urea groups is 1. The van der Waals surface area contributed by atoms with Crippen molar-refractivity contribution in [1.29, 1.82) is 0 Å². The molecule has 0 fully saturated rings. The number of hydrogen-bond acceptors (Lipinski definition) is 2. The van der Waals surface area contributed by atoms with Crippen LogP contribution < -0.4 is 16.0 Å². The molecule has 1 atom stereocenters. The number of halogens is 2. The van der Waals surface area contributed by atoms with Gasteiger partial charge < -0.3 is 10.6 Å². The Balaban J connectivity index is 2.36. The third kappa shape index (κ3) is 7.19. The quantitative estimate of drug-likeness (QED) is 0.709. The zero-order valence-electron chi connectivity index (χ0n) is 13.7. The van der Waals surface area contributed by atoms with Gasteiger partial charge in [0.2, 0.25) is 0 Å². The number of carbonyl (C=O) groups excluding carboxylic acids is 2. The molecule has 23 heavy (non-hydrogen) atoms. The lowest BCUT2D eigenvalue weighted by molar-refractivity contribution is -0.682. The van der Waals surface area contributed by atoms with E-state index in [2.05, 4.69) is 10.6 Å². The highest BCUT2D eigenvalue weighted by molar-refractivity contribution is 5.94. The number of imide groups is 1. The smallest absolute Gasteiger partial charge is 0.321 e. The molecule has 1 aromatic rings. The molecule has 3 amide bonds. The Morgan fingerprint density at radius 2 is 1.91 bits per heavy atom. The third-order valence-corrected chi connectivity index (χ3v) is 3.37. The minimum atomic E-state index is -0.652. The number of nitrogens with one attached hydrogen (secondary N) is 2. The molecule has 1 rings (SSSR count). The minimum Gasteiger partial charge on any atom is -0.338 e. The average molecular weight is 328 g/mol. The Kier molecular flexibility index (Phi) is 7.61. The van der Waals surface area contributed by atoms with E-state index in [1.165, 1.54) is 12.1 Å². The number of rotatable bonds is 7. The van der Waals surface area contributed by atoms with Crippen LogP contribution in [-0.2, 0) is 4.79 Å². The van der Waals surface area contributed by atoms with Gasteiger partial charge in [0.15, 0.2) is 6.54 Å². The van der Waals surface area contributed by atoms with Crippen LogP contribution in [0.3, 0.4) is 0 Å². The Labute approximate surface area is 134 Å². The largest absolute Gasteiger partial charge is 0.338 e. The maximum atomic E-state index is 13.6. The van der Waals surface area contributed by atoms with Gasteiger partial charge in [-0.05, 0) is 31.4 Å². The lowest BCUT2D eigenvalue weighted by Gasteiger charge is -2.12. The van der Waals surface area contributed by atoms with Crippen molar-refractivity contribution in [2.45, 2.75) is 33.2 Å². The Bertz CT molecular complexity index is 550. The summed E-state index contributed by atoms with van der Waals surface area (Å²) in [7, 11) is 0. The summed E-state index contributed by atoms with van der Waals surface area (Å²) in [5, 5.41) is 6.38. The van der Waals surface area contributed by atoms with E-state index in [4.69, 9.17) is 0 Å². The summed E-state index contributed by atoms with van der Waals surface area (Å²) in [6.45, 7) is 6.24. The van der Waals surface area contributed by atoms with E-state index in [9.17, 15) is 18.4 Å². The van der Waals surface area contributed by atoms with Crippen molar-refractivity contribution in [2.75, 3.05) is 13.1 Å². The van der Waals surface area contributed by atoms with Crippen LogP contribution in [0.25, 0.3) is 0 Å². The van der Waals surface area contributed by atoms with E-state index in [1.54, 1.807) is 12.2 Å². The van der Waals surface area contributed by atoms with Gasteiger partial charge in [0, 0.05) is 18.2 Å². The van der Waals surface area contributed by atoms with Crippen molar-refractivity contribution < 1.29 is 23.7 Å². The molecule has 0 aliphatic carbocycles. The first kappa shape index (κ1) is 19.0. The van der Waals surface area contributed by atoms with Crippen molar-refractivity contribution in [3.63, 3.8) is 0 Å². The summed E-state index contributed by atoms with van der Waals surface area (Å²) in [5.74, 6) is -1.30. The highest BCUT2D eigenvalue weighted by Crippen LogP contribution is 2.14. The van der Waals surface area contributed by atoms with Gasteiger partial charge in [0.25, 0.3) is 5.91 Å². The number of benzene rings is 1. The van der Waals surface area contributed by atoms with Gasteiger partial charge in [0.1, 0.15) is 17.7 Å². The Morgan fingerprint density at radius 3 is 2.52 bits per heavy atom. The summed E-state index contributed by atoms with van der Waals surface area (Å²) in [6.07, 6.45) is 0.828. The number of hydrogen-bond donors (Lipinski definition) is 3. The molecule has 5 nitrogen and oxygen atoms in total. The fourth-order valence-corrected chi connectivity index (χ4v) is 1.98. The van der Waals surface area contributed by atoms with Crippen molar-refractivity contribution >= 4 is 11.9 Å². The van der Waals surface area contributed by atoms with Gasteiger partial charge in [-0.3, -0.25) is 10.1 Å². The summed E-state index contributed by atoms with van der Waals surface area (Å²) >= 11 is 0. The van der Waals surface area contributed by atoms with Gasteiger partial charge in [-0.15, -0.1) is 0 Å². The number of nitrogens with two attached hydrogens (primary N) is 1. The summed E-state index contributed by atoms with van der Waals surface area (Å²) in [5.41, 5.74) is 0.306. The van der Waals surface area contributed by atoms with Gasteiger partial charge >= 0.3 is 6.03 Å². The molecule has 0 aromatic heterocycles. The first-order valence-corrected chi connectivity index (χ1v) is 7.65. The zero-order valence-corrected chi connectivity index (χ0v) is 13.7.